The third-order valence-electron chi connectivity index (χ3n) is 2.24. The van der Waals surface area contributed by atoms with E-state index in [1.165, 1.54) is 12.4 Å². The first kappa shape index (κ1) is 13.8. The predicted molar refractivity (Wildman–Crippen MR) is 72.8 cm³/mol. The molecule has 0 atom stereocenters. The molecule has 6 nitrogen and oxygen atoms in total. The van der Waals surface area contributed by atoms with Gasteiger partial charge in [-0.05, 0) is 18.2 Å². The maximum atomic E-state index is 11.5. The highest BCUT2D eigenvalue weighted by atomic mass is 35.5. The van der Waals surface area contributed by atoms with Crippen LogP contribution in [0.4, 0.5) is 0 Å². The van der Waals surface area contributed by atoms with Crippen LogP contribution in [0, 0.1) is 0 Å². The van der Waals surface area contributed by atoms with Crippen molar-refractivity contribution >= 4 is 23.4 Å². The molecule has 2 aromatic heterocycles. The fourth-order valence-corrected chi connectivity index (χ4v) is 2.45. The maximum Gasteiger partial charge on any atom is 0.270 e. The summed E-state index contributed by atoms with van der Waals surface area (Å²) in [6.07, 6.45) is 2.86. The topological polar surface area (TPSA) is 91.5 Å². The second-order valence-electron chi connectivity index (χ2n) is 3.74. The minimum Gasteiger partial charge on any atom is -0.312 e. The van der Waals surface area contributed by atoms with Crippen LogP contribution in [0.1, 0.15) is 19.0 Å². The van der Waals surface area contributed by atoms with Crippen molar-refractivity contribution < 1.29 is 0 Å². The molecule has 0 aromatic carbocycles. The normalized spacial score (nSPS) is 10.6. The lowest BCUT2D eigenvalue weighted by Crippen LogP contribution is -2.11. The zero-order chi connectivity index (χ0) is 13.8. The number of nitrogens with one attached hydrogen (secondary N) is 2. The molecule has 0 fully saturated rings. The summed E-state index contributed by atoms with van der Waals surface area (Å²) in [5.41, 5.74) is 0.0443. The van der Waals surface area contributed by atoms with Gasteiger partial charge in [0.1, 0.15) is 10.0 Å². The molecule has 19 heavy (non-hydrogen) atoms. The summed E-state index contributed by atoms with van der Waals surface area (Å²) in [5.74, 6) is 0. The van der Waals surface area contributed by atoms with Gasteiger partial charge in [0, 0.05) is 11.8 Å². The zero-order valence-electron chi connectivity index (χ0n) is 10.1. The number of aryl methyl sites for hydroxylation is 1. The molecule has 0 saturated carbocycles. The van der Waals surface area contributed by atoms with E-state index in [-0.39, 0.29) is 10.6 Å². The molecule has 0 saturated heterocycles. The number of hydrogen-bond acceptors (Lipinski definition) is 5. The van der Waals surface area contributed by atoms with E-state index in [1.54, 1.807) is 0 Å². The molecule has 2 heterocycles. The molecule has 0 aliphatic carbocycles. The van der Waals surface area contributed by atoms with Gasteiger partial charge in [-0.3, -0.25) is 9.59 Å². The van der Waals surface area contributed by atoms with Gasteiger partial charge >= 0.3 is 0 Å². The molecule has 0 spiro atoms. The van der Waals surface area contributed by atoms with Crippen LogP contribution in [0.3, 0.4) is 0 Å². The SMILES string of the molecule is CCCc1cc(=O)[nH]c(Sc2nc[nH]c(=O)c2Cl)n1. The molecule has 0 aliphatic heterocycles. The average Bonchev–Trinajstić information content (AvgIpc) is 2.35. The van der Waals surface area contributed by atoms with Crippen LogP contribution >= 0.6 is 23.4 Å². The quantitative estimate of drug-likeness (QED) is 0.661. The smallest absolute Gasteiger partial charge is 0.270 e. The van der Waals surface area contributed by atoms with Crippen LogP contribution in [0.2, 0.25) is 5.02 Å². The fraction of sp³-hybridized carbons (Fsp3) is 0.273. The number of rotatable bonds is 4. The van der Waals surface area contributed by atoms with Crippen molar-refractivity contribution in [1.82, 2.24) is 19.9 Å². The monoisotopic (exact) mass is 298 g/mol. The first-order valence-electron chi connectivity index (χ1n) is 5.61. The third-order valence-corrected chi connectivity index (χ3v) is 3.59. The summed E-state index contributed by atoms with van der Waals surface area (Å²) in [5, 5.41) is 0.661. The Morgan fingerprint density at radius 1 is 1.42 bits per heavy atom. The van der Waals surface area contributed by atoms with Crippen molar-refractivity contribution in [3.8, 4) is 0 Å². The van der Waals surface area contributed by atoms with Gasteiger partial charge in [0.15, 0.2) is 5.16 Å². The Morgan fingerprint density at radius 3 is 2.95 bits per heavy atom. The second-order valence-corrected chi connectivity index (χ2v) is 5.10. The van der Waals surface area contributed by atoms with Crippen LogP contribution in [-0.2, 0) is 6.42 Å². The van der Waals surface area contributed by atoms with Gasteiger partial charge in [-0.2, -0.15) is 0 Å². The Morgan fingerprint density at radius 2 is 2.21 bits per heavy atom. The highest BCUT2D eigenvalue weighted by molar-refractivity contribution is 7.99. The van der Waals surface area contributed by atoms with Crippen molar-refractivity contribution in [2.45, 2.75) is 29.9 Å². The Bertz CT molecular complexity index is 698. The van der Waals surface area contributed by atoms with E-state index >= 15 is 0 Å². The molecular formula is C11H11ClN4O2S. The lowest BCUT2D eigenvalue weighted by molar-refractivity contribution is 0.814. The van der Waals surface area contributed by atoms with Crippen molar-refractivity contribution in [3.05, 3.63) is 43.8 Å². The minimum absolute atomic E-state index is 0.0176. The van der Waals surface area contributed by atoms with E-state index in [0.29, 0.717) is 22.3 Å². The molecule has 0 unspecified atom stereocenters. The van der Waals surface area contributed by atoms with Gasteiger partial charge in [0.2, 0.25) is 0 Å². The fourth-order valence-electron chi connectivity index (χ4n) is 1.45. The Balaban J connectivity index is 2.35. The van der Waals surface area contributed by atoms with Gasteiger partial charge in [-0.25, -0.2) is 9.97 Å². The number of H-pyrrole nitrogens is 2. The summed E-state index contributed by atoms with van der Waals surface area (Å²) in [6.45, 7) is 2.00. The summed E-state index contributed by atoms with van der Waals surface area (Å²) in [7, 11) is 0. The van der Waals surface area contributed by atoms with Crippen LogP contribution in [0.5, 0.6) is 0 Å². The molecule has 0 radical (unpaired) electrons. The van der Waals surface area contributed by atoms with Gasteiger partial charge in [-0.15, -0.1) is 0 Å². The van der Waals surface area contributed by atoms with Crippen molar-refractivity contribution in [1.29, 1.82) is 0 Å². The number of nitrogens with zero attached hydrogens (tertiary/aromatic N) is 2. The van der Waals surface area contributed by atoms with Crippen LogP contribution in [0.15, 0.2) is 32.2 Å². The standard InChI is InChI=1S/C11H11ClN4O2S/c1-2-3-6-4-7(17)16-11(15-6)19-10-8(12)9(18)13-5-14-10/h4-5H,2-3H2,1H3,(H,13,14,18)(H,15,16,17). The highest BCUT2D eigenvalue weighted by Gasteiger charge is 2.10. The largest absolute Gasteiger partial charge is 0.312 e. The minimum atomic E-state index is -0.425. The van der Waals surface area contributed by atoms with E-state index < -0.39 is 5.56 Å². The third kappa shape index (κ3) is 3.45. The molecule has 2 N–H and O–H groups in total. The number of aromatic nitrogens is 4. The number of aromatic amines is 2. The van der Waals surface area contributed by atoms with E-state index in [4.69, 9.17) is 11.6 Å². The molecular weight excluding hydrogens is 288 g/mol. The molecule has 0 bridgehead atoms. The maximum absolute atomic E-state index is 11.5. The molecule has 100 valence electrons. The first-order chi connectivity index (χ1) is 9.10. The Labute approximate surface area is 117 Å². The Kier molecular flexibility index (Phi) is 4.39. The Hall–Kier alpha value is -1.60. The van der Waals surface area contributed by atoms with Gasteiger partial charge in [-0.1, -0.05) is 24.9 Å². The molecule has 0 aliphatic rings. The predicted octanol–water partition coefficient (Wildman–Crippen LogP) is 1.61. The van der Waals surface area contributed by atoms with Crippen molar-refractivity contribution in [2.75, 3.05) is 0 Å². The van der Waals surface area contributed by atoms with E-state index in [0.717, 1.165) is 18.2 Å². The lowest BCUT2D eigenvalue weighted by atomic mass is 10.2. The number of hydrogen-bond donors (Lipinski definition) is 2. The average molecular weight is 299 g/mol. The van der Waals surface area contributed by atoms with Crippen LogP contribution in [0.25, 0.3) is 0 Å². The van der Waals surface area contributed by atoms with Gasteiger partial charge in [0.25, 0.3) is 11.1 Å². The molecule has 8 heteroatoms. The van der Waals surface area contributed by atoms with Gasteiger partial charge < -0.3 is 9.97 Å². The van der Waals surface area contributed by atoms with E-state index in [2.05, 4.69) is 19.9 Å². The van der Waals surface area contributed by atoms with Crippen molar-refractivity contribution in [3.63, 3.8) is 0 Å². The van der Waals surface area contributed by atoms with E-state index in [1.807, 2.05) is 6.92 Å². The molecule has 0 amide bonds. The zero-order valence-corrected chi connectivity index (χ0v) is 11.6. The van der Waals surface area contributed by atoms with Crippen LogP contribution in [-0.4, -0.2) is 19.9 Å². The second kappa shape index (κ2) is 6.03. The lowest BCUT2D eigenvalue weighted by Gasteiger charge is -2.03. The molecule has 2 rings (SSSR count). The summed E-state index contributed by atoms with van der Waals surface area (Å²) >= 11 is 6.89. The first-order valence-corrected chi connectivity index (χ1v) is 6.81. The number of halogens is 1. The highest BCUT2D eigenvalue weighted by Crippen LogP contribution is 2.25. The van der Waals surface area contributed by atoms with Crippen molar-refractivity contribution in [2.24, 2.45) is 0 Å². The summed E-state index contributed by atoms with van der Waals surface area (Å²) in [4.78, 5) is 36.0. The van der Waals surface area contributed by atoms with Crippen LogP contribution < -0.4 is 11.1 Å². The summed E-state index contributed by atoms with van der Waals surface area (Å²) < 4.78 is 0. The van der Waals surface area contributed by atoms with Gasteiger partial charge in [0.05, 0.1) is 6.33 Å². The molecule has 2 aromatic rings. The summed E-state index contributed by atoms with van der Waals surface area (Å²) in [6, 6.07) is 1.46. The van der Waals surface area contributed by atoms with E-state index in [9.17, 15) is 9.59 Å².